The summed E-state index contributed by atoms with van der Waals surface area (Å²) in [4.78, 5) is 0. The van der Waals surface area contributed by atoms with Crippen LogP contribution in [0.5, 0.6) is 0 Å². The van der Waals surface area contributed by atoms with Crippen molar-refractivity contribution in [1.29, 1.82) is 0 Å². The SMILES string of the molecule is CC=CCc1ccc(CC)cc1CC=CC. The Balaban J connectivity index is 2.95. The third-order valence-corrected chi connectivity index (χ3v) is 2.83. The summed E-state index contributed by atoms with van der Waals surface area (Å²) in [5.41, 5.74) is 4.35. The zero-order valence-electron chi connectivity index (χ0n) is 10.7. The summed E-state index contributed by atoms with van der Waals surface area (Å²) in [5.74, 6) is 0. The second-order valence-electron chi connectivity index (χ2n) is 4.00. The zero-order valence-corrected chi connectivity index (χ0v) is 10.7. The predicted octanol–water partition coefficient (Wildman–Crippen LogP) is 4.49. The van der Waals surface area contributed by atoms with E-state index in [2.05, 4.69) is 63.3 Å². The molecular weight excluding hydrogens is 192 g/mol. The quantitative estimate of drug-likeness (QED) is 0.634. The van der Waals surface area contributed by atoms with Gasteiger partial charge in [-0.05, 0) is 49.8 Å². The van der Waals surface area contributed by atoms with Crippen molar-refractivity contribution in [3.05, 3.63) is 59.2 Å². The van der Waals surface area contributed by atoms with Crippen molar-refractivity contribution in [2.45, 2.75) is 40.0 Å². The van der Waals surface area contributed by atoms with Gasteiger partial charge in [-0.15, -0.1) is 0 Å². The Hall–Kier alpha value is -1.30. The molecule has 0 saturated carbocycles. The lowest BCUT2D eigenvalue weighted by Gasteiger charge is -2.08. The summed E-state index contributed by atoms with van der Waals surface area (Å²) in [7, 11) is 0. The maximum Gasteiger partial charge on any atom is -0.00946 e. The average Bonchev–Trinajstić information content (AvgIpc) is 2.34. The first-order valence-corrected chi connectivity index (χ1v) is 6.14. The van der Waals surface area contributed by atoms with Crippen LogP contribution in [0.25, 0.3) is 0 Å². The fraction of sp³-hybridized carbons (Fsp3) is 0.375. The second kappa shape index (κ2) is 7.05. The lowest BCUT2D eigenvalue weighted by Crippen LogP contribution is -1.94. The first kappa shape index (κ1) is 12.8. The summed E-state index contributed by atoms with van der Waals surface area (Å²) in [6.07, 6.45) is 11.9. The molecule has 0 spiro atoms. The van der Waals surface area contributed by atoms with E-state index >= 15 is 0 Å². The van der Waals surface area contributed by atoms with Gasteiger partial charge in [0.15, 0.2) is 0 Å². The number of rotatable bonds is 5. The smallest absolute Gasteiger partial charge is 0.00946 e. The van der Waals surface area contributed by atoms with E-state index in [0.717, 1.165) is 19.3 Å². The van der Waals surface area contributed by atoms with Crippen LogP contribution < -0.4 is 0 Å². The lowest BCUT2D eigenvalue weighted by atomic mass is 9.98. The Morgan fingerprint density at radius 3 is 2.12 bits per heavy atom. The summed E-state index contributed by atoms with van der Waals surface area (Å²) in [6, 6.07) is 6.87. The first-order valence-electron chi connectivity index (χ1n) is 6.14. The minimum absolute atomic E-state index is 1.05. The van der Waals surface area contributed by atoms with Gasteiger partial charge in [-0.25, -0.2) is 0 Å². The van der Waals surface area contributed by atoms with Crippen LogP contribution in [0.4, 0.5) is 0 Å². The molecule has 86 valence electrons. The van der Waals surface area contributed by atoms with E-state index < -0.39 is 0 Å². The molecule has 0 aliphatic heterocycles. The molecule has 1 aromatic rings. The molecule has 1 aromatic carbocycles. The average molecular weight is 214 g/mol. The van der Waals surface area contributed by atoms with Gasteiger partial charge in [0.2, 0.25) is 0 Å². The van der Waals surface area contributed by atoms with Crippen LogP contribution in [0.3, 0.4) is 0 Å². The molecule has 0 amide bonds. The molecule has 0 heteroatoms. The van der Waals surface area contributed by atoms with Gasteiger partial charge in [0.1, 0.15) is 0 Å². The molecule has 0 N–H and O–H groups in total. The highest BCUT2D eigenvalue weighted by Crippen LogP contribution is 2.15. The summed E-state index contributed by atoms with van der Waals surface area (Å²) >= 11 is 0. The summed E-state index contributed by atoms with van der Waals surface area (Å²) in [6.45, 7) is 6.36. The molecule has 0 saturated heterocycles. The van der Waals surface area contributed by atoms with E-state index in [9.17, 15) is 0 Å². The standard InChI is InChI=1S/C16H22/c1-4-7-9-15-12-11-14(6-3)13-16(15)10-8-5-2/h4-5,7-8,11-13H,6,9-10H2,1-3H3. The van der Waals surface area contributed by atoms with Crippen LogP contribution >= 0.6 is 0 Å². The van der Waals surface area contributed by atoms with Crippen molar-refractivity contribution >= 4 is 0 Å². The maximum atomic E-state index is 2.35. The summed E-state index contributed by atoms with van der Waals surface area (Å²) in [5, 5.41) is 0. The Labute approximate surface area is 99.7 Å². The van der Waals surface area contributed by atoms with Gasteiger partial charge >= 0.3 is 0 Å². The minimum atomic E-state index is 1.05. The lowest BCUT2D eigenvalue weighted by molar-refractivity contribution is 1.08. The molecule has 0 nitrogen and oxygen atoms in total. The molecule has 1 rings (SSSR count). The Bertz CT molecular complexity index is 370. The maximum absolute atomic E-state index is 2.35. The molecule has 0 unspecified atom stereocenters. The predicted molar refractivity (Wildman–Crippen MR) is 72.9 cm³/mol. The highest BCUT2D eigenvalue weighted by atomic mass is 14.1. The van der Waals surface area contributed by atoms with Crippen LogP contribution in [0.2, 0.25) is 0 Å². The molecule has 0 aromatic heterocycles. The van der Waals surface area contributed by atoms with E-state index in [1.807, 2.05) is 0 Å². The van der Waals surface area contributed by atoms with Crippen LogP contribution in [0, 0.1) is 0 Å². The molecule has 0 heterocycles. The van der Waals surface area contributed by atoms with Crippen LogP contribution in [0.15, 0.2) is 42.5 Å². The zero-order chi connectivity index (χ0) is 11.8. The van der Waals surface area contributed by atoms with E-state index in [-0.39, 0.29) is 0 Å². The minimum Gasteiger partial charge on any atom is -0.0913 e. The van der Waals surface area contributed by atoms with E-state index in [1.54, 1.807) is 0 Å². The molecule has 0 bridgehead atoms. The normalized spacial score (nSPS) is 11.7. The van der Waals surface area contributed by atoms with Gasteiger partial charge in [-0.2, -0.15) is 0 Å². The number of aryl methyl sites for hydroxylation is 1. The van der Waals surface area contributed by atoms with Gasteiger partial charge in [0, 0.05) is 0 Å². The van der Waals surface area contributed by atoms with Crippen molar-refractivity contribution in [3.8, 4) is 0 Å². The number of hydrogen-bond acceptors (Lipinski definition) is 0. The molecule has 0 radical (unpaired) electrons. The fourth-order valence-corrected chi connectivity index (χ4v) is 1.78. The highest BCUT2D eigenvalue weighted by Gasteiger charge is 2.00. The summed E-state index contributed by atoms with van der Waals surface area (Å²) < 4.78 is 0. The third-order valence-electron chi connectivity index (χ3n) is 2.83. The van der Waals surface area contributed by atoms with Crippen molar-refractivity contribution in [2.24, 2.45) is 0 Å². The monoisotopic (exact) mass is 214 g/mol. The van der Waals surface area contributed by atoms with Crippen molar-refractivity contribution in [2.75, 3.05) is 0 Å². The third kappa shape index (κ3) is 3.69. The van der Waals surface area contributed by atoms with Crippen molar-refractivity contribution < 1.29 is 0 Å². The van der Waals surface area contributed by atoms with E-state index in [4.69, 9.17) is 0 Å². The Morgan fingerprint density at radius 1 is 0.938 bits per heavy atom. The fourth-order valence-electron chi connectivity index (χ4n) is 1.78. The van der Waals surface area contributed by atoms with Crippen LogP contribution in [-0.4, -0.2) is 0 Å². The molecule has 16 heavy (non-hydrogen) atoms. The number of benzene rings is 1. The Kier molecular flexibility index (Phi) is 5.63. The number of hydrogen-bond donors (Lipinski definition) is 0. The van der Waals surface area contributed by atoms with Crippen LogP contribution in [0.1, 0.15) is 37.5 Å². The van der Waals surface area contributed by atoms with Gasteiger partial charge in [0.25, 0.3) is 0 Å². The second-order valence-corrected chi connectivity index (χ2v) is 4.00. The van der Waals surface area contributed by atoms with Crippen LogP contribution in [-0.2, 0) is 19.3 Å². The van der Waals surface area contributed by atoms with Gasteiger partial charge in [-0.3, -0.25) is 0 Å². The van der Waals surface area contributed by atoms with E-state index in [0.29, 0.717) is 0 Å². The van der Waals surface area contributed by atoms with Gasteiger partial charge in [0.05, 0.1) is 0 Å². The van der Waals surface area contributed by atoms with Crippen molar-refractivity contribution in [1.82, 2.24) is 0 Å². The first-order chi connectivity index (χ1) is 7.81. The van der Waals surface area contributed by atoms with Crippen molar-refractivity contribution in [3.63, 3.8) is 0 Å². The molecular formula is C16H22. The molecule has 0 aliphatic carbocycles. The molecule has 0 aliphatic rings. The molecule has 0 atom stereocenters. The Morgan fingerprint density at radius 2 is 1.56 bits per heavy atom. The molecule has 0 fully saturated rings. The topological polar surface area (TPSA) is 0 Å². The van der Waals surface area contributed by atoms with Gasteiger partial charge < -0.3 is 0 Å². The van der Waals surface area contributed by atoms with Gasteiger partial charge in [-0.1, -0.05) is 49.4 Å². The van der Waals surface area contributed by atoms with E-state index in [1.165, 1.54) is 16.7 Å². The number of allylic oxidation sites excluding steroid dienone is 4. The highest BCUT2D eigenvalue weighted by molar-refractivity contribution is 5.34. The largest absolute Gasteiger partial charge is 0.0913 e.